The van der Waals surface area contributed by atoms with Crippen molar-refractivity contribution < 1.29 is 9.90 Å². The number of nitrogens with one attached hydrogen (secondary N) is 1. The lowest BCUT2D eigenvalue weighted by Crippen LogP contribution is -2.15. The van der Waals surface area contributed by atoms with Crippen LogP contribution in [0.25, 0.3) is 21.8 Å². The molecule has 20 heavy (non-hydrogen) atoms. The summed E-state index contributed by atoms with van der Waals surface area (Å²) in [6.07, 6.45) is 2.66. The lowest BCUT2D eigenvalue weighted by atomic mass is 10.1. The number of aromatic nitrogens is 2. The molecule has 3 aromatic rings. The quantitative estimate of drug-likeness (QED) is 0.591. The number of aromatic carboxylic acids is 1. The van der Waals surface area contributed by atoms with Crippen molar-refractivity contribution in [3.05, 3.63) is 44.8 Å². The van der Waals surface area contributed by atoms with Crippen molar-refractivity contribution in [1.82, 2.24) is 9.97 Å². The van der Waals surface area contributed by atoms with Gasteiger partial charge in [0.25, 0.3) is 0 Å². The predicted octanol–water partition coefficient (Wildman–Crippen LogP) is 2.12. The normalized spacial score (nSPS) is 11.1. The van der Waals surface area contributed by atoms with Gasteiger partial charge in [-0.05, 0) is 22.0 Å². The van der Waals surface area contributed by atoms with E-state index in [9.17, 15) is 9.59 Å². The van der Waals surface area contributed by atoms with Gasteiger partial charge in [-0.3, -0.25) is 9.78 Å². The van der Waals surface area contributed by atoms with Crippen LogP contribution in [-0.4, -0.2) is 21.0 Å². The first-order chi connectivity index (χ1) is 9.50. The molecular weight excluding hydrogens is 326 g/mol. The zero-order chi connectivity index (χ0) is 14.4. The van der Waals surface area contributed by atoms with Gasteiger partial charge in [-0.1, -0.05) is 6.07 Å². The Labute approximate surface area is 120 Å². The third kappa shape index (κ3) is 1.67. The van der Waals surface area contributed by atoms with Crippen molar-refractivity contribution in [2.45, 2.75) is 0 Å². The van der Waals surface area contributed by atoms with E-state index in [0.29, 0.717) is 21.2 Å². The van der Waals surface area contributed by atoms with Crippen molar-refractivity contribution in [2.24, 2.45) is 0 Å². The Balaban J connectivity index is 2.51. The fourth-order valence-corrected chi connectivity index (χ4v) is 2.52. The van der Waals surface area contributed by atoms with Crippen LogP contribution in [-0.2, 0) is 0 Å². The zero-order valence-corrected chi connectivity index (χ0v) is 11.6. The van der Waals surface area contributed by atoms with Gasteiger partial charge < -0.3 is 15.8 Å². The predicted molar refractivity (Wildman–Crippen MR) is 78.9 cm³/mol. The lowest BCUT2D eigenvalue weighted by molar-refractivity contribution is 0.0695. The molecule has 2 heterocycles. The van der Waals surface area contributed by atoms with E-state index >= 15 is 0 Å². The first-order valence-corrected chi connectivity index (χ1v) is 6.41. The van der Waals surface area contributed by atoms with Crippen LogP contribution in [0.2, 0.25) is 0 Å². The monoisotopic (exact) mass is 333 g/mol. The fraction of sp³-hybridized carbons (Fsp3) is 0. The van der Waals surface area contributed by atoms with Crippen LogP contribution in [0.3, 0.4) is 0 Å². The summed E-state index contributed by atoms with van der Waals surface area (Å²) in [5, 5.41) is 9.98. The minimum absolute atomic E-state index is 0.279. The SMILES string of the molecule is Nc1cnc2c(ccc3c(=O)c(C(=O)O)c[nH]c32)c1Br. The van der Waals surface area contributed by atoms with Crippen molar-refractivity contribution in [3.63, 3.8) is 0 Å². The summed E-state index contributed by atoms with van der Waals surface area (Å²) >= 11 is 3.37. The number of H-pyrrole nitrogens is 1. The number of carboxylic acids is 1. The molecule has 100 valence electrons. The highest BCUT2D eigenvalue weighted by molar-refractivity contribution is 9.10. The van der Waals surface area contributed by atoms with E-state index in [1.165, 1.54) is 12.4 Å². The summed E-state index contributed by atoms with van der Waals surface area (Å²) in [4.78, 5) is 30.1. The maximum Gasteiger partial charge on any atom is 0.341 e. The Morgan fingerprint density at radius 2 is 2.05 bits per heavy atom. The first kappa shape index (κ1) is 12.6. The molecule has 6 nitrogen and oxygen atoms in total. The van der Waals surface area contributed by atoms with Crippen molar-refractivity contribution in [2.75, 3.05) is 5.73 Å². The number of pyridine rings is 2. The molecule has 0 saturated carbocycles. The number of nitrogens with zero attached hydrogens (tertiary/aromatic N) is 1. The Hall–Kier alpha value is -2.41. The Morgan fingerprint density at radius 1 is 1.35 bits per heavy atom. The largest absolute Gasteiger partial charge is 0.477 e. The molecule has 0 amide bonds. The number of carbonyl (C=O) groups is 1. The molecule has 0 spiro atoms. The highest BCUT2D eigenvalue weighted by Crippen LogP contribution is 2.30. The molecule has 0 aliphatic rings. The molecule has 0 aliphatic carbocycles. The molecule has 3 rings (SSSR count). The summed E-state index contributed by atoms with van der Waals surface area (Å²) in [6, 6.07) is 3.25. The number of halogens is 1. The molecule has 0 radical (unpaired) electrons. The Morgan fingerprint density at radius 3 is 2.75 bits per heavy atom. The molecule has 1 aromatic carbocycles. The Bertz CT molecular complexity index is 933. The van der Waals surface area contributed by atoms with Crippen molar-refractivity contribution in [3.8, 4) is 0 Å². The summed E-state index contributed by atoms with van der Waals surface area (Å²) < 4.78 is 0.688. The van der Waals surface area contributed by atoms with Crippen LogP contribution < -0.4 is 11.2 Å². The number of nitrogens with two attached hydrogens (primary N) is 1. The van der Waals surface area contributed by atoms with E-state index < -0.39 is 11.4 Å². The number of hydrogen-bond donors (Lipinski definition) is 3. The van der Waals surface area contributed by atoms with Gasteiger partial charge in [0.05, 0.1) is 27.4 Å². The number of nitrogen functional groups attached to an aromatic ring is 1. The number of carboxylic acid groups (broad SMARTS) is 1. The van der Waals surface area contributed by atoms with Gasteiger partial charge in [-0.2, -0.15) is 0 Å². The molecule has 0 aliphatic heterocycles. The molecule has 0 bridgehead atoms. The average molecular weight is 334 g/mol. The summed E-state index contributed by atoms with van der Waals surface area (Å²) in [7, 11) is 0. The smallest absolute Gasteiger partial charge is 0.341 e. The second-order valence-corrected chi connectivity index (χ2v) is 5.04. The number of hydrogen-bond acceptors (Lipinski definition) is 4. The molecule has 4 N–H and O–H groups in total. The lowest BCUT2D eigenvalue weighted by Gasteiger charge is -2.07. The third-order valence-electron chi connectivity index (χ3n) is 3.08. The second-order valence-electron chi connectivity index (χ2n) is 4.25. The molecule has 0 atom stereocenters. The van der Waals surface area contributed by atoms with Crippen LogP contribution in [0.4, 0.5) is 5.69 Å². The number of aromatic amines is 1. The fourth-order valence-electron chi connectivity index (χ4n) is 2.10. The molecule has 0 saturated heterocycles. The topological polar surface area (TPSA) is 109 Å². The number of benzene rings is 1. The summed E-state index contributed by atoms with van der Waals surface area (Å²) in [6.45, 7) is 0. The minimum atomic E-state index is -1.26. The summed E-state index contributed by atoms with van der Waals surface area (Å²) in [5.41, 5.74) is 6.45. The number of fused-ring (bicyclic) bond motifs is 3. The van der Waals surface area contributed by atoms with Crippen molar-refractivity contribution in [1.29, 1.82) is 0 Å². The first-order valence-electron chi connectivity index (χ1n) is 5.62. The van der Waals surface area contributed by atoms with E-state index in [0.717, 1.165) is 5.39 Å². The highest BCUT2D eigenvalue weighted by atomic mass is 79.9. The second kappa shape index (κ2) is 4.31. The number of anilines is 1. The van der Waals surface area contributed by atoms with Crippen LogP contribution in [0.1, 0.15) is 10.4 Å². The van der Waals surface area contributed by atoms with Gasteiger partial charge in [-0.25, -0.2) is 4.79 Å². The van der Waals surface area contributed by atoms with Crippen molar-refractivity contribution >= 4 is 49.4 Å². The standard InChI is InChI=1S/C13H8BrN3O3/c14-9-5-1-2-6-11(10(5)17-4-8(9)15)16-3-7(12(6)18)13(19)20/h1-4H,15H2,(H,16,18)(H,19,20). The molecule has 2 aromatic heterocycles. The van der Waals surface area contributed by atoms with Gasteiger partial charge >= 0.3 is 5.97 Å². The van der Waals surface area contributed by atoms with Gasteiger partial charge in [-0.15, -0.1) is 0 Å². The summed E-state index contributed by atoms with van der Waals surface area (Å²) in [5.74, 6) is -1.26. The maximum absolute atomic E-state index is 12.1. The molecule has 7 heteroatoms. The van der Waals surface area contributed by atoms with Gasteiger partial charge in [0.2, 0.25) is 5.43 Å². The molecule has 0 fully saturated rings. The van der Waals surface area contributed by atoms with Crippen LogP contribution >= 0.6 is 15.9 Å². The van der Waals surface area contributed by atoms with Crippen LogP contribution in [0, 0.1) is 0 Å². The van der Waals surface area contributed by atoms with Gasteiger partial charge in [0.1, 0.15) is 5.56 Å². The average Bonchev–Trinajstić information content (AvgIpc) is 2.42. The highest BCUT2D eigenvalue weighted by Gasteiger charge is 2.14. The zero-order valence-electron chi connectivity index (χ0n) is 9.98. The maximum atomic E-state index is 12.1. The van der Waals surface area contributed by atoms with E-state index in [4.69, 9.17) is 10.8 Å². The van der Waals surface area contributed by atoms with Crippen LogP contribution in [0.5, 0.6) is 0 Å². The third-order valence-corrected chi connectivity index (χ3v) is 3.97. The minimum Gasteiger partial charge on any atom is -0.477 e. The van der Waals surface area contributed by atoms with Gasteiger partial charge in [0, 0.05) is 17.0 Å². The Kier molecular flexibility index (Phi) is 2.72. The molecular formula is C13H8BrN3O3. The van der Waals surface area contributed by atoms with E-state index in [1.54, 1.807) is 12.1 Å². The van der Waals surface area contributed by atoms with Gasteiger partial charge in [0.15, 0.2) is 0 Å². The molecule has 0 unspecified atom stereocenters. The van der Waals surface area contributed by atoms with E-state index in [1.807, 2.05) is 0 Å². The van der Waals surface area contributed by atoms with E-state index in [2.05, 4.69) is 25.9 Å². The number of rotatable bonds is 1. The van der Waals surface area contributed by atoms with Crippen LogP contribution in [0.15, 0.2) is 33.8 Å². The van der Waals surface area contributed by atoms with E-state index in [-0.39, 0.29) is 10.9 Å².